The van der Waals surface area contributed by atoms with Crippen molar-refractivity contribution in [1.82, 2.24) is 9.88 Å². The van der Waals surface area contributed by atoms with Gasteiger partial charge in [0.25, 0.3) is 0 Å². The Bertz CT molecular complexity index is 819. The van der Waals surface area contributed by atoms with Gasteiger partial charge in [0.05, 0.1) is 6.54 Å². The number of fused-ring (bicyclic) bond motifs is 1. The second-order valence-corrected chi connectivity index (χ2v) is 6.48. The quantitative estimate of drug-likeness (QED) is 0.790. The SMILES string of the molecule is O=C(Nc1ccccc1)C1CCN(Cc2nc3ccccc3o2)CC1. The second-order valence-electron chi connectivity index (χ2n) is 6.48. The van der Waals surface area contributed by atoms with E-state index in [9.17, 15) is 4.79 Å². The minimum Gasteiger partial charge on any atom is -0.439 e. The molecule has 2 heterocycles. The van der Waals surface area contributed by atoms with Crippen molar-refractivity contribution in [3.05, 3.63) is 60.5 Å². The van der Waals surface area contributed by atoms with Gasteiger partial charge in [0, 0.05) is 11.6 Å². The number of carbonyl (C=O) groups is 1. The molecule has 1 aliphatic rings. The molecule has 1 saturated heterocycles. The molecule has 5 heteroatoms. The standard InChI is InChI=1S/C20H21N3O2/c24-20(21-16-6-2-1-3-7-16)15-10-12-23(13-11-15)14-19-22-17-8-4-5-9-18(17)25-19/h1-9,15H,10-14H2,(H,21,24). The summed E-state index contributed by atoms with van der Waals surface area (Å²) in [6.45, 7) is 2.46. The van der Waals surface area contributed by atoms with Crippen LogP contribution in [0.1, 0.15) is 18.7 Å². The number of anilines is 1. The van der Waals surface area contributed by atoms with Gasteiger partial charge in [-0.05, 0) is 50.2 Å². The summed E-state index contributed by atoms with van der Waals surface area (Å²) in [5.74, 6) is 0.932. The van der Waals surface area contributed by atoms with Gasteiger partial charge in [-0.3, -0.25) is 9.69 Å². The molecule has 0 radical (unpaired) electrons. The number of likely N-dealkylation sites (tertiary alicyclic amines) is 1. The molecular weight excluding hydrogens is 314 g/mol. The summed E-state index contributed by atoms with van der Waals surface area (Å²) >= 11 is 0. The van der Waals surface area contributed by atoms with Crippen molar-refractivity contribution in [3.8, 4) is 0 Å². The largest absolute Gasteiger partial charge is 0.439 e. The Morgan fingerprint density at radius 1 is 1.08 bits per heavy atom. The Morgan fingerprint density at radius 3 is 2.56 bits per heavy atom. The topological polar surface area (TPSA) is 58.4 Å². The minimum atomic E-state index is 0.0695. The zero-order valence-corrected chi connectivity index (χ0v) is 14.0. The van der Waals surface area contributed by atoms with E-state index in [4.69, 9.17) is 4.42 Å². The third kappa shape index (κ3) is 3.72. The Hall–Kier alpha value is -2.66. The Labute approximate surface area is 146 Å². The van der Waals surface area contributed by atoms with E-state index >= 15 is 0 Å². The summed E-state index contributed by atoms with van der Waals surface area (Å²) in [5, 5.41) is 3.01. The number of aromatic nitrogens is 1. The van der Waals surface area contributed by atoms with Gasteiger partial charge in [0.1, 0.15) is 5.52 Å². The van der Waals surface area contributed by atoms with E-state index in [0.29, 0.717) is 6.54 Å². The highest BCUT2D eigenvalue weighted by molar-refractivity contribution is 5.92. The number of hydrogen-bond donors (Lipinski definition) is 1. The molecule has 1 aliphatic heterocycles. The lowest BCUT2D eigenvalue weighted by molar-refractivity contribution is -0.121. The van der Waals surface area contributed by atoms with Gasteiger partial charge < -0.3 is 9.73 Å². The maximum absolute atomic E-state index is 12.4. The van der Waals surface area contributed by atoms with Gasteiger partial charge in [0.2, 0.25) is 11.8 Å². The Kier molecular flexibility index (Phi) is 4.48. The van der Waals surface area contributed by atoms with E-state index in [1.165, 1.54) is 0 Å². The van der Waals surface area contributed by atoms with E-state index in [1.54, 1.807) is 0 Å². The van der Waals surface area contributed by atoms with Crippen LogP contribution in [0.4, 0.5) is 5.69 Å². The number of benzene rings is 2. The number of para-hydroxylation sites is 3. The third-order valence-electron chi connectivity index (χ3n) is 4.70. The number of hydrogen-bond acceptors (Lipinski definition) is 4. The summed E-state index contributed by atoms with van der Waals surface area (Å²) in [5.41, 5.74) is 2.59. The number of rotatable bonds is 4. The number of amides is 1. The van der Waals surface area contributed by atoms with Crippen molar-refractivity contribution in [2.75, 3.05) is 18.4 Å². The highest BCUT2D eigenvalue weighted by atomic mass is 16.3. The van der Waals surface area contributed by atoms with Crippen LogP contribution in [0.5, 0.6) is 0 Å². The summed E-state index contributed by atoms with van der Waals surface area (Å²) < 4.78 is 5.79. The lowest BCUT2D eigenvalue weighted by atomic mass is 9.96. The van der Waals surface area contributed by atoms with Crippen LogP contribution in [0, 0.1) is 5.92 Å². The van der Waals surface area contributed by atoms with E-state index in [2.05, 4.69) is 15.2 Å². The predicted molar refractivity (Wildman–Crippen MR) is 97.1 cm³/mol. The van der Waals surface area contributed by atoms with Crippen molar-refractivity contribution in [2.45, 2.75) is 19.4 Å². The lowest BCUT2D eigenvalue weighted by Gasteiger charge is -2.30. The van der Waals surface area contributed by atoms with Crippen molar-refractivity contribution in [1.29, 1.82) is 0 Å². The molecule has 5 nitrogen and oxygen atoms in total. The van der Waals surface area contributed by atoms with Gasteiger partial charge in [-0.15, -0.1) is 0 Å². The molecule has 0 spiro atoms. The van der Waals surface area contributed by atoms with Crippen LogP contribution in [-0.2, 0) is 11.3 Å². The number of piperidine rings is 1. The van der Waals surface area contributed by atoms with Crippen molar-refractivity contribution in [2.24, 2.45) is 5.92 Å². The van der Waals surface area contributed by atoms with Crippen LogP contribution in [0.3, 0.4) is 0 Å². The molecule has 1 fully saturated rings. The van der Waals surface area contributed by atoms with Crippen molar-refractivity contribution >= 4 is 22.7 Å². The van der Waals surface area contributed by atoms with Gasteiger partial charge in [-0.1, -0.05) is 30.3 Å². The minimum absolute atomic E-state index is 0.0695. The number of nitrogens with zero attached hydrogens (tertiary/aromatic N) is 2. The zero-order chi connectivity index (χ0) is 17.1. The molecule has 4 rings (SSSR count). The smallest absolute Gasteiger partial charge is 0.227 e. The summed E-state index contributed by atoms with van der Waals surface area (Å²) in [6.07, 6.45) is 1.72. The van der Waals surface area contributed by atoms with Gasteiger partial charge >= 0.3 is 0 Å². The Morgan fingerprint density at radius 2 is 1.80 bits per heavy atom. The van der Waals surface area contributed by atoms with Crippen molar-refractivity contribution < 1.29 is 9.21 Å². The second kappa shape index (κ2) is 7.07. The number of nitrogens with one attached hydrogen (secondary N) is 1. The fourth-order valence-corrected chi connectivity index (χ4v) is 3.30. The molecule has 1 aromatic heterocycles. The fourth-order valence-electron chi connectivity index (χ4n) is 3.30. The van der Waals surface area contributed by atoms with Gasteiger partial charge in [-0.2, -0.15) is 0 Å². The van der Waals surface area contributed by atoms with E-state index in [0.717, 1.165) is 48.6 Å². The van der Waals surface area contributed by atoms with Crippen LogP contribution in [0.2, 0.25) is 0 Å². The summed E-state index contributed by atoms with van der Waals surface area (Å²) in [6, 6.07) is 17.5. The molecule has 25 heavy (non-hydrogen) atoms. The van der Waals surface area contributed by atoms with E-state index in [1.807, 2.05) is 54.6 Å². The first-order chi connectivity index (χ1) is 12.3. The Balaban J connectivity index is 1.31. The molecule has 0 atom stereocenters. The highest BCUT2D eigenvalue weighted by Crippen LogP contribution is 2.22. The number of oxazole rings is 1. The van der Waals surface area contributed by atoms with Crippen LogP contribution in [0.15, 0.2) is 59.0 Å². The average Bonchev–Trinajstić information content (AvgIpc) is 3.05. The molecule has 128 valence electrons. The molecule has 0 saturated carbocycles. The van der Waals surface area contributed by atoms with Crippen LogP contribution in [-0.4, -0.2) is 28.9 Å². The van der Waals surface area contributed by atoms with Crippen LogP contribution < -0.4 is 5.32 Å². The number of carbonyl (C=O) groups excluding carboxylic acids is 1. The molecule has 2 aromatic carbocycles. The van der Waals surface area contributed by atoms with E-state index < -0.39 is 0 Å². The molecule has 1 amide bonds. The molecule has 1 N–H and O–H groups in total. The zero-order valence-electron chi connectivity index (χ0n) is 14.0. The average molecular weight is 335 g/mol. The first-order valence-electron chi connectivity index (χ1n) is 8.71. The summed E-state index contributed by atoms with van der Waals surface area (Å²) in [7, 11) is 0. The van der Waals surface area contributed by atoms with Gasteiger partial charge in [-0.25, -0.2) is 4.98 Å². The van der Waals surface area contributed by atoms with Gasteiger partial charge in [0.15, 0.2) is 5.58 Å². The fraction of sp³-hybridized carbons (Fsp3) is 0.300. The third-order valence-corrected chi connectivity index (χ3v) is 4.70. The molecule has 0 unspecified atom stereocenters. The summed E-state index contributed by atoms with van der Waals surface area (Å²) in [4.78, 5) is 19.2. The molecule has 3 aromatic rings. The monoisotopic (exact) mass is 335 g/mol. The normalized spacial score (nSPS) is 16.2. The van der Waals surface area contributed by atoms with Crippen molar-refractivity contribution in [3.63, 3.8) is 0 Å². The predicted octanol–water partition coefficient (Wildman–Crippen LogP) is 3.68. The van der Waals surface area contributed by atoms with Crippen LogP contribution in [0.25, 0.3) is 11.1 Å². The highest BCUT2D eigenvalue weighted by Gasteiger charge is 2.25. The first-order valence-corrected chi connectivity index (χ1v) is 8.71. The molecule has 0 bridgehead atoms. The first kappa shape index (κ1) is 15.8. The van der Waals surface area contributed by atoms with E-state index in [-0.39, 0.29) is 11.8 Å². The molecular formula is C20H21N3O2. The maximum atomic E-state index is 12.4. The molecule has 0 aliphatic carbocycles. The maximum Gasteiger partial charge on any atom is 0.227 e. The van der Waals surface area contributed by atoms with Crippen LogP contribution >= 0.6 is 0 Å². The lowest BCUT2D eigenvalue weighted by Crippen LogP contribution is -2.37.